The van der Waals surface area contributed by atoms with E-state index >= 15 is 0 Å². The van der Waals surface area contributed by atoms with Crippen LogP contribution in [0.5, 0.6) is 0 Å². The van der Waals surface area contributed by atoms with Crippen molar-refractivity contribution in [2.75, 3.05) is 16.8 Å². The van der Waals surface area contributed by atoms with Gasteiger partial charge < -0.3 is 4.90 Å². The number of halogens is 9. The lowest BCUT2D eigenvalue weighted by atomic mass is 10.1. The van der Waals surface area contributed by atoms with Crippen LogP contribution in [0.1, 0.15) is 22.4 Å². The Labute approximate surface area is 209 Å². The smallest absolute Gasteiger partial charge is 0.311 e. The van der Waals surface area contributed by atoms with Crippen molar-refractivity contribution in [2.45, 2.75) is 31.7 Å². The van der Waals surface area contributed by atoms with Gasteiger partial charge >= 0.3 is 12.4 Å². The van der Waals surface area contributed by atoms with Gasteiger partial charge in [-0.3, -0.25) is 9.69 Å². The van der Waals surface area contributed by atoms with Crippen molar-refractivity contribution in [3.63, 3.8) is 0 Å². The fraction of sp³-hybridized carbons (Fsp3) is 0.261. The fourth-order valence-corrected chi connectivity index (χ4v) is 4.15. The Kier molecular flexibility index (Phi) is 6.55. The number of fused-ring (bicyclic) bond motifs is 1. The highest BCUT2D eigenvalue weighted by atomic mass is 35.5. The minimum atomic E-state index is -4.79. The molecule has 1 unspecified atom stereocenters. The molecule has 0 saturated carbocycles. The van der Waals surface area contributed by atoms with Gasteiger partial charge in [0.1, 0.15) is 29.3 Å². The zero-order chi connectivity index (χ0) is 27.4. The van der Waals surface area contributed by atoms with Crippen molar-refractivity contribution >= 4 is 34.8 Å². The normalized spacial score (nSPS) is 15.6. The van der Waals surface area contributed by atoms with Crippen molar-refractivity contribution in [3.8, 4) is 0 Å². The first-order valence-electron chi connectivity index (χ1n) is 10.4. The molecule has 3 heterocycles. The van der Waals surface area contributed by atoms with Crippen LogP contribution in [-0.4, -0.2) is 29.0 Å². The number of carbonyl (C=O) groups excluding carboxylic acids is 1. The van der Waals surface area contributed by atoms with Gasteiger partial charge in [-0.05, 0) is 36.8 Å². The number of amides is 1. The number of rotatable bonds is 3. The molecule has 1 amide bonds. The maximum atomic E-state index is 14.5. The van der Waals surface area contributed by atoms with Gasteiger partial charge in [-0.1, -0.05) is 11.6 Å². The molecule has 3 aromatic rings. The molecule has 1 atom stereocenters. The van der Waals surface area contributed by atoms with Crippen LogP contribution in [-0.2, 0) is 23.6 Å². The molecule has 4 rings (SSSR count). The van der Waals surface area contributed by atoms with Crippen LogP contribution >= 0.6 is 11.6 Å². The Morgan fingerprint density at radius 3 is 2.27 bits per heavy atom. The number of pyridine rings is 2. The SMILES string of the molecule is Cc1cc(C(F)(F)F)cc(N2c3ncc(C(F)(F)F)cc3CC2C(=O)N(C)c2cc(Cl)c(F)cc2F)n1. The second kappa shape index (κ2) is 9.12. The molecule has 1 aliphatic heterocycles. The topological polar surface area (TPSA) is 49.3 Å². The number of aryl methyl sites for hydroxylation is 1. The fourth-order valence-electron chi connectivity index (χ4n) is 3.99. The molecule has 0 N–H and O–H groups in total. The molecule has 0 bridgehead atoms. The number of benzene rings is 1. The molecule has 37 heavy (non-hydrogen) atoms. The summed E-state index contributed by atoms with van der Waals surface area (Å²) in [4.78, 5) is 23.0. The van der Waals surface area contributed by atoms with Crippen LogP contribution in [0.25, 0.3) is 0 Å². The molecule has 0 aliphatic carbocycles. The Balaban J connectivity index is 1.85. The maximum Gasteiger partial charge on any atom is 0.417 e. The van der Waals surface area contributed by atoms with Gasteiger partial charge in [-0.15, -0.1) is 0 Å². The van der Waals surface area contributed by atoms with Gasteiger partial charge in [0.2, 0.25) is 5.91 Å². The van der Waals surface area contributed by atoms with E-state index < -0.39 is 70.0 Å². The summed E-state index contributed by atoms with van der Waals surface area (Å²) >= 11 is 5.71. The van der Waals surface area contributed by atoms with Gasteiger partial charge in [0, 0.05) is 31.4 Å². The van der Waals surface area contributed by atoms with Gasteiger partial charge in [-0.2, -0.15) is 26.3 Å². The van der Waals surface area contributed by atoms with Crippen LogP contribution in [0.3, 0.4) is 0 Å². The Hall–Kier alpha value is -3.48. The lowest BCUT2D eigenvalue weighted by Gasteiger charge is -2.29. The van der Waals surface area contributed by atoms with E-state index in [1.165, 1.54) is 6.92 Å². The number of aromatic nitrogens is 2. The van der Waals surface area contributed by atoms with E-state index in [-0.39, 0.29) is 17.1 Å². The van der Waals surface area contributed by atoms with E-state index in [0.717, 1.165) is 35.0 Å². The van der Waals surface area contributed by atoms with E-state index in [2.05, 4.69) is 9.97 Å². The van der Waals surface area contributed by atoms with Crippen molar-refractivity contribution < 1.29 is 39.9 Å². The van der Waals surface area contributed by atoms with Crippen LogP contribution < -0.4 is 9.80 Å². The first kappa shape index (κ1) is 26.6. The summed E-state index contributed by atoms with van der Waals surface area (Å²) in [6.45, 7) is 1.27. The largest absolute Gasteiger partial charge is 0.417 e. The highest BCUT2D eigenvalue weighted by Gasteiger charge is 2.42. The van der Waals surface area contributed by atoms with E-state index in [1.807, 2.05) is 0 Å². The predicted molar refractivity (Wildman–Crippen MR) is 118 cm³/mol. The minimum Gasteiger partial charge on any atom is -0.311 e. The van der Waals surface area contributed by atoms with Crippen LogP contribution in [0.4, 0.5) is 52.4 Å². The molecule has 5 nitrogen and oxygen atoms in total. The van der Waals surface area contributed by atoms with Crippen LogP contribution in [0.2, 0.25) is 5.02 Å². The summed E-state index contributed by atoms with van der Waals surface area (Å²) < 4.78 is 108. The van der Waals surface area contributed by atoms with Crippen molar-refractivity contribution in [3.05, 3.63) is 75.6 Å². The van der Waals surface area contributed by atoms with E-state index in [1.54, 1.807) is 0 Å². The number of alkyl halides is 6. The standard InChI is InChI=1S/C23H15ClF8N4O/c1-10-3-12(22(27,28)29)6-19(34-10)36-18(5-11-4-13(23(30,31)32)9-33-20(11)36)21(37)35(2)17-7-14(24)15(25)8-16(17)26/h3-4,6-9,18H,5H2,1-2H3. The average Bonchev–Trinajstić information content (AvgIpc) is 3.17. The lowest BCUT2D eigenvalue weighted by Crippen LogP contribution is -2.45. The summed E-state index contributed by atoms with van der Waals surface area (Å²) in [6.07, 6.45) is -9.49. The van der Waals surface area contributed by atoms with Crippen molar-refractivity contribution in [1.82, 2.24) is 9.97 Å². The van der Waals surface area contributed by atoms with Crippen LogP contribution in [0.15, 0.2) is 36.5 Å². The molecule has 196 valence electrons. The minimum absolute atomic E-state index is 0.0823. The number of anilines is 3. The third-order valence-corrected chi connectivity index (χ3v) is 5.99. The Bertz CT molecular complexity index is 1390. The van der Waals surface area contributed by atoms with Gasteiger partial charge in [0.25, 0.3) is 0 Å². The lowest BCUT2D eigenvalue weighted by molar-refractivity contribution is -0.138. The first-order chi connectivity index (χ1) is 17.1. The molecule has 0 saturated heterocycles. The summed E-state index contributed by atoms with van der Waals surface area (Å²) in [6, 6.07) is 1.95. The number of carbonyl (C=O) groups is 1. The van der Waals surface area contributed by atoms with E-state index in [9.17, 15) is 39.9 Å². The molecule has 1 aliphatic rings. The molecule has 1 aromatic carbocycles. The zero-order valence-corrected chi connectivity index (χ0v) is 19.6. The Morgan fingerprint density at radius 1 is 1.00 bits per heavy atom. The van der Waals surface area contributed by atoms with E-state index in [4.69, 9.17) is 11.6 Å². The summed E-state index contributed by atoms with van der Waals surface area (Å²) in [5.74, 6) is -3.81. The first-order valence-corrected chi connectivity index (χ1v) is 10.8. The van der Waals surface area contributed by atoms with Crippen molar-refractivity contribution in [2.24, 2.45) is 0 Å². The van der Waals surface area contributed by atoms with Gasteiger partial charge in [-0.25, -0.2) is 18.7 Å². The molecule has 0 fully saturated rings. The third-order valence-electron chi connectivity index (χ3n) is 5.70. The maximum absolute atomic E-state index is 14.5. The second-order valence-electron chi connectivity index (χ2n) is 8.26. The molecular formula is C23H15ClF8N4O. The summed E-state index contributed by atoms with van der Waals surface area (Å²) in [7, 11) is 1.11. The average molecular weight is 551 g/mol. The highest BCUT2D eigenvalue weighted by molar-refractivity contribution is 6.31. The second-order valence-corrected chi connectivity index (χ2v) is 8.67. The molecule has 2 aromatic heterocycles. The number of nitrogens with zero attached hydrogens (tertiary/aromatic N) is 4. The molecule has 0 radical (unpaired) electrons. The third kappa shape index (κ3) is 5.04. The zero-order valence-electron chi connectivity index (χ0n) is 18.8. The van der Waals surface area contributed by atoms with E-state index in [0.29, 0.717) is 18.3 Å². The predicted octanol–water partition coefficient (Wildman–Crippen LogP) is 6.48. The van der Waals surface area contributed by atoms with Gasteiger partial charge in [0.15, 0.2) is 0 Å². The number of likely N-dealkylation sites (N-methyl/N-ethyl adjacent to an activating group) is 1. The molecule has 14 heteroatoms. The quantitative estimate of drug-likeness (QED) is 0.277. The summed E-state index contributed by atoms with van der Waals surface area (Å²) in [5.41, 5.74) is -2.86. The molecule has 0 spiro atoms. The molecular weight excluding hydrogens is 536 g/mol. The van der Waals surface area contributed by atoms with Crippen molar-refractivity contribution in [1.29, 1.82) is 0 Å². The Morgan fingerprint density at radius 2 is 1.65 bits per heavy atom. The number of hydrogen-bond donors (Lipinski definition) is 0. The highest BCUT2D eigenvalue weighted by Crippen LogP contribution is 2.42. The van der Waals surface area contributed by atoms with Crippen LogP contribution in [0, 0.1) is 18.6 Å². The number of hydrogen-bond acceptors (Lipinski definition) is 4. The monoisotopic (exact) mass is 550 g/mol. The van der Waals surface area contributed by atoms with Gasteiger partial charge in [0.05, 0.1) is 21.8 Å². The summed E-state index contributed by atoms with van der Waals surface area (Å²) in [5, 5.41) is -0.505.